The molecule has 172 valence electrons. The first kappa shape index (κ1) is 24.0. The molecule has 0 saturated carbocycles. The van der Waals surface area contributed by atoms with Crippen LogP contribution in [0.25, 0.3) is 5.76 Å². The molecule has 7 heteroatoms. The number of carbonyl (C=O) groups excluding carboxylic acids is 2. The fourth-order valence-electron chi connectivity index (χ4n) is 3.85. The average molecular weight is 457 g/mol. The number of thiophene rings is 1. The number of likely N-dealkylation sites (tertiary alicyclic amines) is 1. The van der Waals surface area contributed by atoms with Crippen LogP contribution in [-0.4, -0.2) is 60.4 Å². The van der Waals surface area contributed by atoms with Gasteiger partial charge in [0.1, 0.15) is 11.5 Å². The Morgan fingerprint density at radius 3 is 2.62 bits per heavy atom. The van der Waals surface area contributed by atoms with Gasteiger partial charge in [-0.2, -0.15) is 0 Å². The van der Waals surface area contributed by atoms with E-state index < -0.39 is 17.7 Å². The van der Waals surface area contributed by atoms with Gasteiger partial charge in [0.2, 0.25) is 0 Å². The summed E-state index contributed by atoms with van der Waals surface area (Å²) in [4.78, 5) is 30.4. The molecule has 0 radical (unpaired) electrons. The van der Waals surface area contributed by atoms with Crippen LogP contribution in [0, 0.1) is 6.92 Å². The van der Waals surface area contributed by atoms with Crippen LogP contribution < -0.4 is 4.74 Å². The van der Waals surface area contributed by atoms with Crippen molar-refractivity contribution in [2.75, 3.05) is 33.8 Å². The Bertz CT molecular complexity index is 982. The SMILES string of the molecule is CCCCOc1ccc(C(O)=C2C(=O)C(=O)N(CCCN(C)C)[C@@H]2c2cccs2)cc1C. The highest BCUT2D eigenvalue weighted by molar-refractivity contribution is 7.10. The summed E-state index contributed by atoms with van der Waals surface area (Å²) in [6.45, 7) is 5.91. The molecule has 1 aromatic heterocycles. The molecule has 1 fully saturated rings. The van der Waals surface area contributed by atoms with E-state index in [0.29, 0.717) is 18.7 Å². The number of Topliss-reactive ketones (excluding diaryl/α,β-unsaturated/α-hetero) is 1. The van der Waals surface area contributed by atoms with Gasteiger partial charge < -0.3 is 19.6 Å². The van der Waals surface area contributed by atoms with E-state index in [-0.39, 0.29) is 11.3 Å². The van der Waals surface area contributed by atoms with E-state index in [1.54, 1.807) is 11.0 Å². The maximum atomic E-state index is 13.0. The number of rotatable bonds is 10. The van der Waals surface area contributed by atoms with Crippen LogP contribution in [-0.2, 0) is 9.59 Å². The second-order valence-corrected chi connectivity index (χ2v) is 9.33. The number of unbranched alkanes of at least 4 members (excludes halogenated alkanes) is 1. The second-order valence-electron chi connectivity index (χ2n) is 8.35. The van der Waals surface area contributed by atoms with Crippen LogP contribution in [0.15, 0.2) is 41.3 Å². The number of nitrogens with zero attached hydrogens (tertiary/aromatic N) is 2. The molecule has 0 aliphatic carbocycles. The lowest BCUT2D eigenvalue weighted by molar-refractivity contribution is -0.139. The Kier molecular flexibility index (Phi) is 8.10. The number of aryl methyl sites for hydroxylation is 1. The molecule has 0 bridgehead atoms. The van der Waals surface area contributed by atoms with Gasteiger partial charge in [-0.3, -0.25) is 9.59 Å². The number of aliphatic hydroxyl groups excluding tert-OH is 1. The molecule has 1 amide bonds. The standard InChI is InChI=1S/C25H32N2O4S/c1-5-6-14-31-19-11-10-18(16-17(19)2)23(28)21-22(20-9-7-15-32-20)27(25(30)24(21)29)13-8-12-26(3)4/h7,9-11,15-16,22,28H,5-6,8,12-14H2,1-4H3/t22-/m1/s1. The molecule has 1 aromatic carbocycles. The van der Waals surface area contributed by atoms with Crippen molar-refractivity contribution in [1.29, 1.82) is 0 Å². The van der Waals surface area contributed by atoms with Crippen LogP contribution in [0.5, 0.6) is 5.75 Å². The van der Waals surface area contributed by atoms with E-state index >= 15 is 0 Å². The molecule has 1 N–H and O–H groups in total. The molecule has 1 aliphatic rings. The molecule has 3 rings (SSSR count). The van der Waals surface area contributed by atoms with Crippen molar-refractivity contribution in [3.05, 3.63) is 57.3 Å². The van der Waals surface area contributed by atoms with Crippen LogP contribution in [0.2, 0.25) is 0 Å². The Hall–Kier alpha value is -2.64. The van der Waals surface area contributed by atoms with Crippen molar-refractivity contribution in [3.63, 3.8) is 0 Å². The van der Waals surface area contributed by atoms with Crippen molar-refractivity contribution in [3.8, 4) is 5.75 Å². The van der Waals surface area contributed by atoms with Crippen LogP contribution in [0.1, 0.15) is 48.2 Å². The summed E-state index contributed by atoms with van der Waals surface area (Å²) in [5.41, 5.74) is 1.54. The number of ketones is 1. The molecule has 0 spiro atoms. The summed E-state index contributed by atoms with van der Waals surface area (Å²) in [7, 11) is 3.95. The van der Waals surface area contributed by atoms with Crippen molar-refractivity contribution in [2.45, 2.75) is 39.2 Å². The molecule has 32 heavy (non-hydrogen) atoms. The topological polar surface area (TPSA) is 70.1 Å². The summed E-state index contributed by atoms with van der Waals surface area (Å²) in [6.07, 6.45) is 2.76. The lowest BCUT2D eigenvalue weighted by atomic mass is 9.98. The first-order valence-electron chi connectivity index (χ1n) is 11.1. The average Bonchev–Trinajstić information content (AvgIpc) is 3.37. The van der Waals surface area contributed by atoms with Crippen molar-refractivity contribution in [2.24, 2.45) is 0 Å². The molecule has 6 nitrogen and oxygen atoms in total. The summed E-state index contributed by atoms with van der Waals surface area (Å²) in [5.74, 6) is -0.569. The molecular formula is C25H32N2O4S. The van der Waals surface area contributed by atoms with E-state index in [1.807, 2.05) is 55.6 Å². The lowest BCUT2D eigenvalue weighted by Crippen LogP contribution is -2.32. The first-order chi connectivity index (χ1) is 15.3. The Morgan fingerprint density at radius 1 is 1.22 bits per heavy atom. The van der Waals surface area contributed by atoms with Crippen LogP contribution in [0.3, 0.4) is 0 Å². The number of aliphatic hydroxyl groups is 1. The minimum atomic E-state index is -0.633. The van der Waals surface area contributed by atoms with Crippen molar-refractivity contribution >= 4 is 28.8 Å². The highest BCUT2D eigenvalue weighted by Gasteiger charge is 2.46. The normalized spacial score (nSPS) is 18.0. The van der Waals surface area contributed by atoms with Gasteiger partial charge >= 0.3 is 0 Å². The van der Waals surface area contributed by atoms with E-state index in [2.05, 4.69) is 6.92 Å². The van der Waals surface area contributed by atoms with Crippen LogP contribution in [0.4, 0.5) is 0 Å². The summed E-state index contributed by atoms with van der Waals surface area (Å²) >= 11 is 1.48. The van der Waals surface area contributed by atoms with Crippen molar-refractivity contribution in [1.82, 2.24) is 9.80 Å². The van der Waals surface area contributed by atoms with Gasteiger partial charge in [-0.05, 0) is 75.6 Å². The minimum Gasteiger partial charge on any atom is -0.507 e. The largest absolute Gasteiger partial charge is 0.507 e. The molecular weight excluding hydrogens is 424 g/mol. The predicted octanol–water partition coefficient (Wildman–Crippen LogP) is 4.61. The maximum Gasteiger partial charge on any atom is 0.295 e. The number of amides is 1. The number of hydrogen-bond acceptors (Lipinski definition) is 6. The third-order valence-corrected chi connectivity index (χ3v) is 6.49. The fourth-order valence-corrected chi connectivity index (χ4v) is 4.70. The number of hydrogen-bond donors (Lipinski definition) is 1. The van der Waals surface area contributed by atoms with E-state index in [0.717, 1.165) is 42.0 Å². The smallest absolute Gasteiger partial charge is 0.295 e. The van der Waals surface area contributed by atoms with E-state index in [9.17, 15) is 14.7 Å². The van der Waals surface area contributed by atoms with Gasteiger partial charge in [0.25, 0.3) is 11.7 Å². The van der Waals surface area contributed by atoms with Crippen LogP contribution >= 0.6 is 11.3 Å². The molecule has 1 atom stereocenters. The number of benzene rings is 1. The Balaban J connectivity index is 1.96. The Morgan fingerprint density at radius 2 is 2.00 bits per heavy atom. The zero-order valence-electron chi connectivity index (χ0n) is 19.3. The molecule has 1 aliphatic heterocycles. The summed E-state index contributed by atoms with van der Waals surface area (Å²) in [5, 5.41) is 13.1. The minimum absolute atomic E-state index is 0.139. The van der Waals surface area contributed by atoms with Gasteiger partial charge in [-0.25, -0.2) is 0 Å². The first-order valence-corrected chi connectivity index (χ1v) is 11.9. The van der Waals surface area contributed by atoms with Gasteiger partial charge in [0.15, 0.2) is 0 Å². The van der Waals surface area contributed by atoms with Gasteiger partial charge in [-0.1, -0.05) is 19.4 Å². The second kappa shape index (κ2) is 10.8. The lowest BCUT2D eigenvalue weighted by Gasteiger charge is -2.24. The van der Waals surface area contributed by atoms with Crippen molar-refractivity contribution < 1.29 is 19.4 Å². The summed E-state index contributed by atoms with van der Waals surface area (Å²) in [6, 6.07) is 8.59. The fraction of sp³-hybridized carbons (Fsp3) is 0.440. The zero-order valence-corrected chi connectivity index (χ0v) is 20.1. The molecule has 2 aromatic rings. The van der Waals surface area contributed by atoms with Gasteiger partial charge in [-0.15, -0.1) is 11.3 Å². The highest BCUT2D eigenvalue weighted by atomic mass is 32.1. The van der Waals surface area contributed by atoms with Gasteiger partial charge in [0, 0.05) is 17.0 Å². The quantitative estimate of drug-likeness (QED) is 0.245. The third kappa shape index (κ3) is 5.22. The molecule has 1 saturated heterocycles. The predicted molar refractivity (Wildman–Crippen MR) is 128 cm³/mol. The summed E-state index contributed by atoms with van der Waals surface area (Å²) < 4.78 is 5.81. The van der Waals surface area contributed by atoms with E-state index in [4.69, 9.17) is 4.74 Å². The van der Waals surface area contributed by atoms with E-state index in [1.165, 1.54) is 11.3 Å². The molecule has 2 heterocycles. The number of ether oxygens (including phenoxy) is 1. The molecule has 0 unspecified atom stereocenters. The van der Waals surface area contributed by atoms with Gasteiger partial charge in [0.05, 0.1) is 18.2 Å². The third-order valence-electron chi connectivity index (χ3n) is 5.56. The monoisotopic (exact) mass is 456 g/mol. The highest BCUT2D eigenvalue weighted by Crippen LogP contribution is 2.41. The zero-order chi connectivity index (χ0) is 23.3. The number of carbonyl (C=O) groups is 2. The Labute approximate surface area is 194 Å². The maximum absolute atomic E-state index is 13.0.